The van der Waals surface area contributed by atoms with Crippen molar-refractivity contribution in [2.24, 2.45) is 21.4 Å². The third kappa shape index (κ3) is 76.6. The summed E-state index contributed by atoms with van der Waals surface area (Å²) in [4.78, 5) is 35.1. The zero-order valence-electron chi connectivity index (χ0n) is 11.9. The Kier molecular flexibility index (Phi) is 23.2. The molecule has 0 atom stereocenters. The number of hydrogen-bond acceptors (Lipinski definition) is 24. The van der Waals surface area contributed by atoms with Crippen LogP contribution in [0.2, 0.25) is 0 Å². The van der Waals surface area contributed by atoms with Crippen LogP contribution in [0.3, 0.4) is 0 Å². The van der Waals surface area contributed by atoms with Gasteiger partial charge in [0.1, 0.15) is 0 Å². The molecule has 0 spiro atoms. The molecule has 0 fully saturated rings. The summed E-state index contributed by atoms with van der Waals surface area (Å²) in [6.07, 6.45) is 0. The Hall–Kier alpha value is -2.14. The fourth-order valence-corrected chi connectivity index (χ4v) is 0.447. The molecule has 0 radical (unpaired) electrons. The largest absolute Gasteiger partial charge is 4.00 e. The fourth-order valence-electron chi connectivity index (χ4n) is 0.149. The summed E-state index contributed by atoms with van der Waals surface area (Å²) < 4.78 is 121. The monoisotopic (exact) mass is 606 g/mol. The molecule has 0 saturated heterocycles. The maximum Gasteiger partial charge on any atom is 4.00 e. The van der Waals surface area contributed by atoms with Crippen LogP contribution in [0.1, 0.15) is 0 Å². The van der Waals surface area contributed by atoms with Crippen LogP contribution in [0, 0.1) is 19.6 Å². The van der Waals surface area contributed by atoms with Gasteiger partial charge in [-0.05, 0) is 0 Å². The minimum Gasteiger partial charge on any atom is -0.714 e. The van der Waals surface area contributed by atoms with Gasteiger partial charge in [-0.3, -0.25) is 0 Å². The van der Waals surface area contributed by atoms with Crippen LogP contribution in [0.15, 0.2) is 21.4 Å². The van der Waals surface area contributed by atoms with Gasteiger partial charge in [-0.25, -0.2) is 17.1 Å². The van der Waals surface area contributed by atoms with Crippen LogP contribution < -0.4 is 0 Å². The van der Waals surface area contributed by atoms with Crippen LogP contribution in [0.5, 0.6) is 0 Å². The molecule has 0 saturated carbocycles. The van der Waals surface area contributed by atoms with E-state index in [-0.39, 0.29) is 19.5 Å². The van der Waals surface area contributed by atoms with Crippen molar-refractivity contribution in [2.75, 3.05) is 0 Å². The van der Waals surface area contributed by atoms with E-state index in [4.69, 9.17) is 71.5 Å². The normalized spacial score (nSPS) is 10.1. The molecule has 0 bridgehead atoms. The fraction of sp³-hybridized carbons (Fsp3) is 0. The van der Waals surface area contributed by atoms with Crippen molar-refractivity contribution in [3.63, 3.8) is 0 Å². The molecule has 29 heteroatoms. The van der Waals surface area contributed by atoms with Crippen molar-refractivity contribution in [1.82, 2.24) is 0 Å². The van der Waals surface area contributed by atoms with E-state index < -0.39 is 41.6 Å². The van der Waals surface area contributed by atoms with Crippen molar-refractivity contribution in [3.8, 4) is 0 Å². The van der Waals surface area contributed by atoms with Gasteiger partial charge in [-0.15, -0.1) is 19.6 Å². The predicted molar refractivity (Wildman–Crippen MR) is 66.3 cm³/mol. The molecule has 29 heavy (non-hydrogen) atoms. The van der Waals surface area contributed by atoms with E-state index in [0.717, 1.165) is 0 Å². The van der Waals surface area contributed by atoms with Gasteiger partial charge in [0.2, 0.25) is 0 Å². The average Bonchev–Trinajstić information content (AvgIpc) is 2.34. The Morgan fingerprint density at radius 3 is 0.517 bits per heavy atom. The Labute approximate surface area is 171 Å². The van der Waals surface area contributed by atoms with Gasteiger partial charge in [0, 0.05) is 0 Å². The SMILES string of the molecule is O=NOS(=O)(=O)[O-].O=NOS(=O)(=O)[O-].O=NOS(=O)(=O)[O-].O=NOS(=O)(=O)[O-].[Ru+4]. The van der Waals surface area contributed by atoms with Crippen LogP contribution in [0.4, 0.5) is 0 Å². The van der Waals surface area contributed by atoms with Crippen LogP contribution in [-0.2, 0) is 78.2 Å². The molecule has 0 rings (SSSR count). The third-order valence-electron chi connectivity index (χ3n) is 0.487. The second-order valence-electron chi connectivity index (χ2n) is 2.23. The molecule has 0 unspecified atom stereocenters. The molecule has 0 aromatic heterocycles. The zero-order chi connectivity index (χ0) is 23.7. The Morgan fingerprint density at radius 1 is 0.414 bits per heavy atom. The van der Waals surface area contributed by atoms with Crippen molar-refractivity contribution in [2.45, 2.75) is 0 Å². The number of hydrogen-bond donors (Lipinski definition) is 0. The van der Waals surface area contributed by atoms with Gasteiger partial charge in [0.25, 0.3) is 41.6 Å². The quantitative estimate of drug-likeness (QED) is 0.0853. The van der Waals surface area contributed by atoms with Gasteiger partial charge >= 0.3 is 19.5 Å². The van der Waals surface area contributed by atoms with Crippen molar-refractivity contribution >= 4 is 41.6 Å². The van der Waals surface area contributed by atoms with Gasteiger partial charge < -0.3 is 18.2 Å². The average molecular weight is 605 g/mol. The van der Waals surface area contributed by atoms with Crippen molar-refractivity contribution in [3.05, 3.63) is 19.6 Å². The second kappa shape index (κ2) is 17.9. The molecule has 0 amide bonds. The first-order chi connectivity index (χ1) is 12.2. The van der Waals surface area contributed by atoms with E-state index in [1.54, 1.807) is 0 Å². The third-order valence-corrected chi connectivity index (χ3v) is 1.46. The summed E-state index contributed by atoms with van der Waals surface area (Å²) in [6.45, 7) is 0. The summed E-state index contributed by atoms with van der Waals surface area (Å²) in [5.41, 5.74) is 0. The second-order valence-corrected chi connectivity index (χ2v) is 6.09. The first-order valence-corrected chi connectivity index (χ1v) is 9.46. The molecule has 24 nitrogen and oxygen atoms in total. The maximum atomic E-state index is 9.16. The Bertz CT molecular complexity index is 724. The Morgan fingerprint density at radius 2 is 0.517 bits per heavy atom. The van der Waals surface area contributed by atoms with E-state index in [9.17, 15) is 0 Å². The maximum absolute atomic E-state index is 9.16. The molecule has 0 aliphatic carbocycles. The summed E-state index contributed by atoms with van der Waals surface area (Å²) in [6, 6.07) is 0. The molecule has 0 aromatic carbocycles. The van der Waals surface area contributed by atoms with E-state index >= 15 is 0 Å². The minimum atomic E-state index is -4.90. The van der Waals surface area contributed by atoms with Crippen LogP contribution in [0.25, 0.3) is 0 Å². The standard InChI is InChI=1S/4HNO5S.Ru/c4*2-1-6-7(3,4)5;/h4*(H,3,4,5);/q;;;;+4/p-4. The topological polar surface area (TPSA) is 383 Å². The minimum absolute atomic E-state index is 0. The summed E-state index contributed by atoms with van der Waals surface area (Å²) in [7, 11) is -19.6. The zero-order valence-corrected chi connectivity index (χ0v) is 16.9. The molecule has 0 aromatic rings. The number of rotatable bonds is 8. The van der Waals surface area contributed by atoms with E-state index in [1.807, 2.05) is 0 Å². The predicted octanol–water partition coefficient (Wildman–Crippen LogP) is -3.42. The van der Waals surface area contributed by atoms with Crippen molar-refractivity contribution in [1.29, 1.82) is 0 Å². The molecule has 0 N–H and O–H groups in total. The van der Waals surface area contributed by atoms with Gasteiger partial charge in [0.15, 0.2) is 21.4 Å². The molecular weight excluding hydrogens is 605 g/mol. The van der Waals surface area contributed by atoms with Gasteiger partial charge in [-0.2, -0.15) is 33.7 Å². The summed E-state index contributed by atoms with van der Waals surface area (Å²) in [5, 5.41) is 5.43. The first kappa shape index (κ1) is 37.6. The molecule has 0 aliphatic heterocycles. The molecule has 0 aliphatic rings. The molecular formula is N4O20RuS4. The van der Waals surface area contributed by atoms with E-state index in [0.29, 0.717) is 0 Å². The first-order valence-electron chi connectivity index (χ1n) is 4.13. The summed E-state index contributed by atoms with van der Waals surface area (Å²) in [5.74, 6) is 0. The van der Waals surface area contributed by atoms with Crippen LogP contribution in [-0.4, -0.2) is 51.9 Å². The van der Waals surface area contributed by atoms with Gasteiger partial charge in [0.05, 0.1) is 0 Å². The molecule has 0 heterocycles. The van der Waals surface area contributed by atoms with Crippen LogP contribution >= 0.6 is 0 Å². The van der Waals surface area contributed by atoms with Crippen molar-refractivity contribution < 1.29 is 88.5 Å². The Balaban J connectivity index is -0.0000000873. The molecule has 172 valence electrons. The van der Waals surface area contributed by atoms with Gasteiger partial charge in [-0.1, -0.05) is 0 Å². The van der Waals surface area contributed by atoms with E-state index in [1.165, 1.54) is 21.4 Å². The number of nitrogens with zero attached hydrogens (tertiary/aromatic N) is 4. The van der Waals surface area contributed by atoms with E-state index in [2.05, 4.69) is 17.1 Å². The smallest absolute Gasteiger partial charge is 0.714 e. The summed E-state index contributed by atoms with van der Waals surface area (Å²) >= 11 is 0.